The number of nitrogens with zero attached hydrogens (tertiary/aromatic N) is 2. The molecule has 0 N–H and O–H groups in total. The molecule has 2 aromatic rings. The van der Waals surface area contributed by atoms with Crippen molar-refractivity contribution in [3.63, 3.8) is 0 Å². The molecule has 1 amide bonds. The maximum Gasteiger partial charge on any atom is 0.433 e. The molecule has 1 saturated heterocycles. The van der Waals surface area contributed by atoms with Crippen LogP contribution in [0.2, 0.25) is 0 Å². The molecule has 7 heteroatoms. The zero-order chi connectivity index (χ0) is 17.6. The number of likely N-dealkylation sites (tertiary alicyclic amines) is 1. The van der Waals surface area contributed by atoms with E-state index in [4.69, 9.17) is 9.15 Å². The van der Waals surface area contributed by atoms with E-state index in [0.29, 0.717) is 26.3 Å². The van der Waals surface area contributed by atoms with Crippen molar-refractivity contribution >= 4 is 11.8 Å². The highest BCUT2D eigenvalue weighted by Gasteiger charge is 2.27. The molecule has 1 atom stereocenters. The predicted molar refractivity (Wildman–Crippen MR) is 90.1 cm³/mol. The van der Waals surface area contributed by atoms with Crippen molar-refractivity contribution in [2.45, 2.75) is 19.4 Å². The van der Waals surface area contributed by atoms with Gasteiger partial charge in [-0.15, -0.1) is 0 Å². The summed E-state index contributed by atoms with van der Waals surface area (Å²) < 4.78 is 10.8. The first-order valence-electron chi connectivity index (χ1n) is 8.28. The molecule has 25 heavy (non-hydrogen) atoms. The summed E-state index contributed by atoms with van der Waals surface area (Å²) in [6.45, 7) is 2.33. The molecule has 0 spiro atoms. The smallest absolute Gasteiger partial charge is 0.395 e. The van der Waals surface area contributed by atoms with E-state index >= 15 is 0 Å². The van der Waals surface area contributed by atoms with Gasteiger partial charge in [-0.25, -0.2) is 0 Å². The summed E-state index contributed by atoms with van der Waals surface area (Å²) in [5, 5.41) is 10.7. The highest BCUT2D eigenvalue weighted by Crippen LogP contribution is 2.22. The van der Waals surface area contributed by atoms with Crippen molar-refractivity contribution in [3.8, 4) is 0 Å². The number of carbonyl (C=O) groups excluding carboxylic acids is 1. The van der Waals surface area contributed by atoms with Crippen molar-refractivity contribution in [3.05, 3.63) is 63.9 Å². The van der Waals surface area contributed by atoms with Crippen LogP contribution in [0.15, 0.2) is 46.9 Å². The third-order valence-corrected chi connectivity index (χ3v) is 4.25. The largest absolute Gasteiger partial charge is 0.433 e. The van der Waals surface area contributed by atoms with E-state index in [9.17, 15) is 14.9 Å². The topological polar surface area (TPSA) is 85.8 Å². The summed E-state index contributed by atoms with van der Waals surface area (Å²) in [5.41, 5.74) is 1.12. The summed E-state index contributed by atoms with van der Waals surface area (Å²) in [5.74, 6) is -0.451. The average Bonchev–Trinajstić information content (AvgIpc) is 3.13. The summed E-state index contributed by atoms with van der Waals surface area (Å²) in [4.78, 5) is 24.2. The normalized spacial score (nSPS) is 17.4. The van der Waals surface area contributed by atoms with Crippen molar-refractivity contribution in [2.24, 2.45) is 5.92 Å². The van der Waals surface area contributed by atoms with Crippen molar-refractivity contribution in [1.82, 2.24) is 4.90 Å². The number of nitro groups is 1. The number of carbonyl (C=O) groups is 1. The fourth-order valence-corrected chi connectivity index (χ4v) is 3.00. The Morgan fingerprint density at radius 1 is 1.28 bits per heavy atom. The second-order valence-corrected chi connectivity index (χ2v) is 6.16. The standard InChI is InChI=1S/C18H20N2O5/c21-18(16-8-9-17(25-16)20(22)23)19-10-4-7-15(11-19)13-24-12-14-5-2-1-3-6-14/h1-3,5-6,8-9,15H,4,7,10-13H2. The predicted octanol–water partition coefficient (Wildman–Crippen LogP) is 3.26. The molecular weight excluding hydrogens is 324 g/mol. The number of ether oxygens (including phenoxy) is 1. The molecule has 7 nitrogen and oxygen atoms in total. The van der Waals surface area contributed by atoms with Gasteiger partial charge in [0, 0.05) is 13.1 Å². The Kier molecular flexibility index (Phi) is 5.45. The van der Waals surface area contributed by atoms with Gasteiger partial charge >= 0.3 is 5.88 Å². The van der Waals surface area contributed by atoms with Gasteiger partial charge in [-0.3, -0.25) is 14.9 Å². The summed E-state index contributed by atoms with van der Waals surface area (Å²) in [6, 6.07) is 12.5. The minimum absolute atomic E-state index is 0.0116. The van der Waals surface area contributed by atoms with Crippen LogP contribution in [-0.4, -0.2) is 35.4 Å². The van der Waals surface area contributed by atoms with Crippen molar-refractivity contribution in [1.29, 1.82) is 0 Å². The van der Waals surface area contributed by atoms with Crippen LogP contribution in [0.5, 0.6) is 0 Å². The fraction of sp³-hybridized carbons (Fsp3) is 0.389. The van der Waals surface area contributed by atoms with Gasteiger partial charge in [-0.1, -0.05) is 30.3 Å². The van der Waals surface area contributed by atoms with E-state index < -0.39 is 10.8 Å². The first-order chi connectivity index (χ1) is 12.1. The zero-order valence-corrected chi connectivity index (χ0v) is 13.8. The first-order valence-corrected chi connectivity index (χ1v) is 8.28. The number of rotatable bonds is 6. The minimum Gasteiger partial charge on any atom is -0.395 e. The molecule has 0 radical (unpaired) electrons. The Bertz CT molecular complexity index is 728. The number of furan rings is 1. The lowest BCUT2D eigenvalue weighted by Crippen LogP contribution is -2.41. The molecule has 1 aromatic heterocycles. The maximum absolute atomic E-state index is 12.4. The van der Waals surface area contributed by atoms with Crippen LogP contribution in [0.4, 0.5) is 5.88 Å². The third kappa shape index (κ3) is 4.45. The van der Waals surface area contributed by atoms with E-state index in [-0.39, 0.29) is 17.6 Å². The number of hydrogen-bond acceptors (Lipinski definition) is 5. The number of benzene rings is 1. The van der Waals surface area contributed by atoms with Crippen LogP contribution < -0.4 is 0 Å². The number of piperidine rings is 1. The van der Waals surface area contributed by atoms with Crippen LogP contribution in [0, 0.1) is 16.0 Å². The fourth-order valence-electron chi connectivity index (χ4n) is 3.00. The van der Waals surface area contributed by atoms with Crippen molar-refractivity contribution in [2.75, 3.05) is 19.7 Å². The maximum atomic E-state index is 12.4. The molecule has 0 saturated carbocycles. The van der Waals surface area contributed by atoms with Gasteiger partial charge in [-0.2, -0.15) is 0 Å². The lowest BCUT2D eigenvalue weighted by molar-refractivity contribution is -0.402. The summed E-state index contributed by atoms with van der Waals surface area (Å²) >= 11 is 0. The van der Waals surface area contributed by atoms with E-state index in [1.807, 2.05) is 30.3 Å². The van der Waals surface area contributed by atoms with Crippen LogP contribution >= 0.6 is 0 Å². The second-order valence-electron chi connectivity index (χ2n) is 6.16. The first kappa shape index (κ1) is 17.2. The van der Waals surface area contributed by atoms with Gasteiger partial charge in [-0.05, 0) is 30.4 Å². The van der Waals surface area contributed by atoms with Crippen LogP contribution in [0.3, 0.4) is 0 Å². The van der Waals surface area contributed by atoms with Crippen LogP contribution in [0.25, 0.3) is 0 Å². The molecule has 0 aliphatic carbocycles. The van der Waals surface area contributed by atoms with Gasteiger partial charge in [0.1, 0.15) is 4.92 Å². The Labute approximate surface area is 145 Å². The van der Waals surface area contributed by atoms with Gasteiger partial charge in [0.25, 0.3) is 5.91 Å². The molecule has 132 valence electrons. The molecule has 1 unspecified atom stereocenters. The Hall–Kier alpha value is -2.67. The minimum atomic E-state index is -0.646. The van der Waals surface area contributed by atoms with Crippen LogP contribution in [-0.2, 0) is 11.3 Å². The highest BCUT2D eigenvalue weighted by atomic mass is 16.6. The molecule has 1 fully saturated rings. The van der Waals surface area contributed by atoms with Gasteiger partial charge in [0.05, 0.1) is 19.3 Å². The lowest BCUT2D eigenvalue weighted by atomic mass is 9.99. The van der Waals surface area contributed by atoms with Gasteiger partial charge < -0.3 is 14.1 Å². The molecule has 1 aromatic carbocycles. The zero-order valence-electron chi connectivity index (χ0n) is 13.8. The molecule has 3 rings (SSSR count). The van der Waals surface area contributed by atoms with E-state index in [1.165, 1.54) is 12.1 Å². The lowest BCUT2D eigenvalue weighted by Gasteiger charge is -2.32. The Morgan fingerprint density at radius 3 is 2.80 bits per heavy atom. The Morgan fingerprint density at radius 2 is 2.08 bits per heavy atom. The SMILES string of the molecule is O=C(c1ccc([N+](=O)[O-])o1)N1CCCC(COCc2ccccc2)C1. The number of hydrogen-bond donors (Lipinski definition) is 0. The summed E-state index contributed by atoms with van der Waals surface area (Å²) in [7, 11) is 0. The average molecular weight is 344 g/mol. The third-order valence-electron chi connectivity index (χ3n) is 4.25. The van der Waals surface area contributed by atoms with E-state index in [0.717, 1.165) is 18.4 Å². The Balaban J connectivity index is 1.51. The van der Waals surface area contributed by atoms with Crippen molar-refractivity contribution < 1.29 is 18.9 Å². The quantitative estimate of drug-likeness (QED) is 0.593. The molecular formula is C18H20N2O5. The van der Waals surface area contributed by atoms with Crippen LogP contribution in [0.1, 0.15) is 29.0 Å². The molecule has 2 heterocycles. The van der Waals surface area contributed by atoms with Gasteiger partial charge in [0.15, 0.2) is 5.76 Å². The highest BCUT2D eigenvalue weighted by molar-refractivity contribution is 5.91. The monoisotopic (exact) mass is 344 g/mol. The molecule has 0 bridgehead atoms. The van der Waals surface area contributed by atoms with Gasteiger partial charge in [0.2, 0.25) is 0 Å². The number of amides is 1. The molecule has 1 aliphatic rings. The summed E-state index contributed by atoms with van der Waals surface area (Å²) in [6.07, 6.45) is 1.88. The van der Waals surface area contributed by atoms with E-state index in [2.05, 4.69) is 0 Å². The molecule has 1 aliphatic heterocycles. The van der Waals surface area contributed by atoms with E-state index in [1.54, 1.807) is 4.90 Å². The second kappa shape index (κ2) is 7.94.